The summed E-state index contributed by atoms with van der Waals surface area (Å²) in [4.78, 5) is 29.0. The van der Waals surface area contributed by atoms with Gasteiger partial charge in [0.2, 0.25) is 11.8 Å². The lowest BCUT2D eigenvalue weighted by molar-refractivity contribution is -0.121. The second kappa shape index (κ2) is 9.03. The van der Waals surface area contributed by atoms with E-state index in [2.05, 4.69) is 15.6 Å². The zero-order valence-corrected chi connectivity index (χ0v) is 16.1. The molecular weight excluding hydrogens is 356 g/mol. The highest BCUT2D eigenvalue weighted by molar-refractivity contribution is 5.91. The standard InChI is InChI=1S/C21H24N4O3/c1-3-6-20(26)22-13-19-24-17-7-4-5-8-18(17)25(19)14-21(27)23-15-9-11-16(28-2)12-10-15/h4-5,7-12H,3,6,13-14H2,1-2H3,(H,22,26)(H,23,27). The molecule has 0 aliphatic carbocycles. The fourth-order valence-electron chi connectivity index (χ4n) is 2.95. The number of amides is 2. The first-order valence-electron chi connectivity index (χ1n) is 9.25. The van der Waals surface area contributed by atoms with Gasteiger partial charge in [-0.1, -0.05) is 19.1 Å². The number of nitrogens with zero attached hydrogens (tertiary/aromatic N) is 2. The van der Waals surface area contributed by atoms with E-state index < -0.39 is 0 Å². The summed E-state index contributed by atoms with van der Waals surface area (Å²) in [5.41, 5.74) is 2.33. The molecule has 0 atom stereocenters. The molecule has 0 saturated heterocycles. The molecule has 7 heteroatoms. The molecular formula is C21H24N4O3. The average molecular weight is 380 g/mol. The van der Waals surface area contributed by atoms with Gasteiger partial charge in [-0.3, -0.25) is 9.59 Å². The Bertz CT molecular complexity index is 963. The Balaban J connectivity index is 1.76. The minimum atomic E-state index is -0.172. The number of benzene rings is 2. The number of methoxy groups -OCH3 is 1. The highest BCUT2D eigenvalue weighted by atomic mass is 16.5. The van der Waals surface area contributed by atoms with Crippen molar-refractivity contribution in [1.82, 2.24) is 14.9 Å². The molecule has 0 aliphatic rings. The first-order valence-corrected chi connectivity index (χ1v) is 9.25. The van der Waals surface area contributed by atoms with Gasteiger partial charge in [0, 0.05) is 12.1 Å². The molecule has 3 aromatic rings. The Morgan fingerprint density at radius 2 is 1.82 bits per heavy atom. The van der Waals surface area contributed by atoms with Crippen molar-refractivity contribution < 1.29 is 14.3 Å². The Morgan fingerprint density at radius 3 is 2.54 bits per heavy atom. The van der Waals surface area contributed by atoms with Crippen LogP contribution in [0.3, 0.4) is 0 Å². The third-order valence-electron chi connectivity index (χ3n) is 4.33. The molecule has 0 bridgehead atoms. The highest BCUT2D eigenvalue weighted by Crippen LogP contribution is 2.18. The topological polar surface area (TPSA) is 85.2 Å². The van der Waals surface area contributed by atoms with Crippen LogP contribution in [0.2, 0.25) is 0 Å². The zero-order valence-electron chi connectivity index (χ0n) is 16.1. The van der Waals surface area contributed by atoms with E-state index in [0.717, 1.165) is 23.2 Å². The first-order chi connectivity index (χ1) is 13.6. The van der Waals surface area contributed by atoms with Gasteiger partial charge in [-0.15, -0.1) is 0 Å². The Labute approximate surface area is 163 Å². The summed E-state index contributed by atoms with van der Waals surface area (Å²) in [7, 11) is 1.60. The minimum Gasteiger partial charge on any atom is -0.497 e. The number of hydrogen-bond acceptors (Lipinski definition) is 4. The predicted octanol–water partition coefficient (Wildman–Crippen LogP) is 3.10. The van der Waals surface area contributed by atoms with Crippen molar-refractivity contribution in [2.24, 2.45) is 0 Å². The fourth-order valence-corrected chi connectivity index (χ4v) is 2.95. The molecule has 1 heterocycles. The van der Waals surface area contributed by atoms with E-state index in [1.54, 1.807) is 31.4 Å². The third kappa shape index (κ3) is 4.68. The van der Waals surface area contributed by atoms with Crippen molar-refractivity contribution in [3.63, 3.8) is 0 Å². The van der Waals surface area contributed by atoms with Crippen molar-refractivity contribution in [3.8, 4) is 5.75 Å². The monoisotopic (exact) mass is 380 g/mol. The van der Waals surface area contributed by atoms with Crippen LogP contribution in [0.15, 0.2) is 48.5 Å². The molecule has 0 aliphatic heterocycles. The molecule has 2 aromatic carbocycles. The van der Waals surface area contributed by atoms with Crippen molar-refractivity contribution in [1.29, 1.82) is 0 Å². The van der Waals surface area contributed by atoms with Gasteiger partial charge in [-0.25, -0.2) is 4.98 Å². The highest BCUT2D eigenvalue weighted by Gasteiger charge is 2.14. The number of nitrogens with one attached hydrogen (secondary N) is 2. The maximum absolute atomic E-state index is 12.6. The van der Waals surface area contributed by atoms with Crippen molar-refractivity contribution in [2.45, 2.75) is 32.9 Å². The molecule has 3 rings (SSSR count). The molecule has 2 N–H and O–H groups in total. The average Bonchev–Trinajstić information content (AvgIpc) is 3.04. The van der Waals surface area contributed by atoms with Gasteiger partial charge < -0.3 is 19.9 Å². The van der Waals surface area contributed by atoms with Gasteiger partial charge in [0.15, 0.2) is 0 Å². The number of fused-ring (bicyclic) bond motifs is 1. The van der Waals surface area contributed by atoms with Crippen LogP contribution in [0.5, 0.6) is 5.75 Å². The summed E-state index contributed by atoms with van der Waals surface area (Å²) in [6.07, 6.45) is 1.25. The summed E-state index contributed by atoms with van der Waals surface area (Å²) in [5, 5.41) is 5.75. The lowest BCUT2D eigenvalue weighted by Gasteiger charge is -2.11. The number of anilines is 1. The van der Waals surface area contributed by atoms with Gasteiger partial charge in [-0.05, 0) is 42.8 Å². The minimum absolute atomic E-state index is 0.0243. The number of imidazole rings is 1. The molecule has 0 spiro atoms. The van der Waals surface area contributed by atoms with Crippen LogP contribution in [-0.2, 0) is 22.7 Å². The van der Waals surface area contributed by atoms with Crippen molar-refractivity contribution in [3.05, 3.63) is 54.4 Å². The third-order valence-corrected chi connectivity index (χ3v) is 4.33. The molecule has 0 radical (unpaired) electrons. The molecule has 7 nitrogen and oxygen atoms in total. The largest absolute Gasteiger partial charge is 0.497 e. The Morgan fingerprint density at radius 1 is 1.07 bits per heavy atom. The van der Waals surface area contributed by atoms with E-state index in [0.29, 0.717) is 17.9 Å². The van der Waals surface area contributed by atoms with E-state index in [-0.39, 0.29) is 24.9 Å². The van der Waals surface area contributed by atoms with Gasteiger partial charge in [0.1, 0.15) is 18.1 Å². The van der Waals surface area contributed by atoms with Gasteiger partial charge in [0.25, 0.3) is 0 Å². The van der Waals surface area contributed by atoms with Gasteiger partial charge in [0.05, 0.1) is 24.7 Å². The number of ether oxygens (including phenoxy) is 1. The van der Waals surface area contributed by atoms with E-state index >= 15 is 0 Å². The Kier molecular flexibility index (Phi) is 6.26. The number of carbonyl (C=O) groups excluding carboxylic acids is 2. The molecule has 0 fully saturated rings. The maximum Gasteiger partial charge on any atom is 0.244 e. The number of rotatable bonds is 8. The molecule has 1 aromatic heterocycles. The van der Waals surface area contributed by atoms with Gasteiger partial charge in [-0.2, -0.15) is 0 Å². The predicted molar refractivity (Wildman–Crippen MR) is 108 cm³/mol. The SMILES string of the molecule is CCCC(=O)NCc1nc2ccccc2n1CC(=O)Nc1ccc(OC)cc1. The van der Waals surface area contributed by atoms with E-state index in [1.807, 2.05) is 35.8 Å². The van der Waals surface area contributed by atoms with Crippen LogP contribution in [-0.4, -0.2) is 28.5 Å². The molecule has 0 saturated carbocycles. The smallest absolute Gasteiger partial charge is 0.244 e. The van der Waals surface area contributed by atoms with E-state index in [9.17, 15) is 9.59 Å². The number of aromatic nitrogens is 2. The summed E-state index contributed by atoms with van der Waals surface area (Å²) in [6, 6.07) is 14.8. The molecule has 28 heavy (non-hydrogen) atoms. The molecule has 2 amide bonds. The van der Waals surface area contributed by atoms with Gasteiger partial charge >= 0.3 is 0 Å². The fraction of sp³-hybridized carbons (Fsp3) is 0.286. The second-order valence-electron chi connectivity index (χ2n) is 6.41. The van der Waals surface area contributed by atoms with Crippen LogP contribution in [0, 0.1) is 0 Å². The van der Waals surface area contributed by atoms with Crippen molar-refractivity contribution >= 4 is 28.5 Å². The summed E-state index contributed by atoms with van der Waals surface area (Å²) >= 11 is 0. The van der Waals surface area contributed by atoms with Crippen LogP contribution >= 0.6 is 0 Å². The lowest BCUT2D eigenvalue weighted by Crippen LogP contribution is -2.26. The maximum atomic E-state index is 12.6. The summed E-state index contributed by atoms with van der Waals surface area (Å²) < 4.78 is 6.96. The Hall–Kier alpha value is -3.35. The second-order valence-corrected chi connectivity index (χ2v) is 6.41. The van der Waals surface area contributed by atoms with Crippen molar-refractivity contribution in [2.75, 3.05) is 12.4 Å². The van der Waals surface area contributed by atoms with Crippen LogP contribution < -0.4 is 15.4 Å². The molecule has 0 unspecified atom stereocenters. The van der Waals surface area contributed by atoms with Crippen LogP contribution in [0.4, 0.5) is 5.69 Å². The number of carbonyl (C=O) groups is 2. The summed E-state index contributed by atoms with van der Waals surface area (Å²) in [5.74, 6) is 1.18. The van der Waals surface area contributed by atoms with E-state index in [4.69, 9.17) is 4.74 Å². The number of para-hydroxylation sites is 2. The summed E-state index contributed by atoms with van der Waals surface area (Å²) in [6.45, 7) is 2.34. The quantitative estimate of drug-likeness (QED) is 0.629. The van der Waals surface area contributed by atoms with E-state index in [1.165, 1.54) is 0 Å². The van der Waals surface area contributed by atoms with Crippen LogP contribution in [0.1, 0.15) is 25.6 Å². The normalized spacial score (nSPS) is 10.6. The number of hydrogen-bond donors (Lipinski definition) is 2. The molecule has 146 valence electrons. The zero-order chi connectivity index (χ0) is 19.9. The first kappa shape index (κ1) is 19.4. The van der Waals surface area contributed by atoms with Crippen LogP contribution in [0.25, 0.3) is 11.0 Å². The lowest BCUT2D eigenvalue weighted by atomic mass is 10.3.